The first-order chi connectivity index (χ1) is 7.83. The van der Waals surface area contributed by atoms with E-state index in [9.17, 15) is 0 Å². The van der Waals surface area contributed by atoms with Crippen molar-refractivity contribution in [2.24, 2.45) is 0 Å². The molecule has 4 nitrogen and oxygen atoms in total. The third-order valence-corrected chi connectivity index (χ3v) is 3.92. The molecule has 0 spiro atoms. The number of hydrogen-bond donors (Lipinski definition) is 1. The zero-order valence-electron chi connectivity index (χ0n) is 9.39. The van der Waals surface area contributed by atoms with Crippen molar-refractivity contribution in [3.05, 3.63) is 23.5 Å². The van der Waals surface area contributed by atoms with Crippen LogP contribution in [0, 0.1) is 0 Å². The number of aromatic nitrogens is 2. The van der Waals surface area contributed by atoms with Crippen molar-refractivity contribution < 1.29 is 0 Å². The van der Waals surface area contributed by atoms with E-state index < -0.39 is 0 Å². The van der Waals surface area contributed by atoms with Gasteiger partial charge in [-0.15, -0.1) is 11.3 Å². The predicted molar refractivity (Wildman–Crippen MR) is 65.8 cm³/mol. The average Bonchev–Trinajstić information content (AvgIpc) is 2.81. The Morgan fingerprint density at radius 2 is 2.56 bits per heavy atom. The fraction of sp³-hybridized carbons (Fsp3) is 0.545. The summed E-state index contributed by atoms with van der Waals surface area (Å²) in [5.74, 6) is 0. The third-order valence-electron chi connectivity index (χ3n) is 3.15. The van der Waals surface area contributed by atoms with Gasteiger partial charge in [0.05, 0.1) is 5.69 Å². The minimum Gasteiger partial charge on any atom is -0.314 e. The molecular weight excluding hydrogens is 220 g/mol. The summed E-state index contributed by atoms with van der Waals surface area (Å²) in [6, 6.07) is 0.605. The Morgan fingerprint density at radius 1 is 1.62 bits per heavy atom. The lowest BCUT2D eigenvalue weighted by atomic mass is 10.2. The summed E-state index contributed by atoms with van der Waals surface area (Å²) >= 11 is 1.69. The number of nitrogens with one attached hydrogen (secondary N) is 1. The molecule has 0 bridgehead atoms. The SMILES string of the molecule is C[C@@H]1CNCCN1Cc1cn2ccsc2n1. The molecule has 0 saturated carbocycles. The summed E-state index contributed by atoms with van der Waals surface area (Å²) in [4.78, 5) is 8.20. The number of hydrogen-bond acceptors (Lipinski definition) is 4. The average molecular weight is 236 g/mol. The van der Waals surface area contributed by atoms with Gasteiger partial charge in [0.15, 0.2) is 4.96 Å². The lowest BCUT2D eigenvalue weighted by Crippen LogP contribution is -2.49. The quantitative estimate of drug-likeness (QED) is 0.850. The Balaban J connectivity index is 1.76. The van der Waals surface area contributed by atoms with Crippen LogP contribution in [0.1, 0.15) is 12.6 Å². The predicted octanol–water partition coefficient (Wildman–Crippen LogP) is 1.19. The molecule has 3 heterocycles. The van der Waals surface area contributed by atoms with Gasteiger partial charge in [-0.3, -0.25) is 9.30 Å². The molecular formula is C11H16N4S. The number of piperazine rings is 1. The highest BCUT2D eigenvalue weighted by atomic mass is 32.1. The van der Waals surface area contributed by atoms with Crippen LogP contribution in [0.2, 0.25) is 0 Å². The minimum atomic E-state index is 0.605. The molecule has 0 unspecified atom stereocenters. The van der Waals surface area contributed by atoms with E-state index in [-0.39, 0.29) is 0 Å². The smallest absolute Gasteiger partial charge is 0.193 e. The zero-order valence-corrected chi connectivity index (χ0v) is 10.2. The molecule has 2 aromatic rings. The van der Waals surface area contributed by atoms with Gasteiger partial charge in [-0.2, -0.15) is 0 Å². The maximum Gasteiger partial charge on any atom is 0.193 e. The van der Waals surface area contributed by atoms with Gasteiger partial charge in [0.2, 0.25) is 0 Å². The molecule has 0 amide bonds. The van der Waals surface area contributed by atoms with Gasteiger partial charge < -0.3 is 5.32 Å². The largest absolute Gasteiger partial charge is 0.314 e. The fourth-order valence-corrected chi connectivity index (χ4v) is 2.90. The first-order valence-electron chi connectivity index (χ1n) is 5.69. The monoisotopic (exact) mass is 236 g/mol. The van der Waals surface area contributed by atoms with Crippen molar-refractivity contribution in [1.82, 2.24) is 19.6 Å². The van der Waals surface area contributed by atoms with Crippen molar-refractivity contribution in [3.63, 3.8) is 0 Å². The maximum absolute atomic E-state index is 4.62. The van der Waals surface area contributed by atoms with Crippen LogP contribution in [0.5, 0.6) is 0 Å². The number of thiazole rings is 1. The second kappa shape index (κ2) is 4.16. The normalized spacial score (nSPS) is 22.9. The molecule has 86 valence electrons. The van der Waals surface area contributed by atoms with Gasteiger partial charge >= 0.3 is 0 Å². The summed E-state index contributed by atoms with van der Waals surface area (Å²) < 4.78 is 2.10. The molecule has 0 aliphatic carbocycles. The molecule has 1 saturated heterocycles. The highest BCUT2D eigenvalue weighted by Gasteiger charge is 2.18. The van der Waals surface area contributed by atoms with Crippen molar-refractivity contribution in [3.8, 4) is 0 Å². The molecule has 1 atom stereocenters. The molecule has 5 heteroatoms. The molecule has 3 rings (SSSR count). The lowest BCUT2D eigenvalue weighted by Gasteiger charge is -2.33. The molecule has 1 N–H and O–H groups in total. The van der Waals surface area contributed by atoms with Crippen molar-refractivity contribution >= 4 is 16.3 Å². The second-order valence-electron chi connectivity index (χ2n) is 4.35. The Kier molecular flexibility index (Phi) is 2.67. The van der Waals surface area contributed by atoms with Crippen LogP contribution in [0.15, 0.2) is 17.8 Å². The van der Waals surface area contributed by atoms with Crippen LogP contribution in [0.3, 0.4) is 0 Å². The van der Waals surface area contributed by atoms with Crippen LogP contribution in [0.25, 0.3) is 4.96 Å². The number of fused-ring (bicyclic) bond motifs is 1. The number of rotatable bonds is 2. The van der Waals surface area contributed by atoms with Crippen LogP contribution in [-0.4, -0.2) is 40.0 Å². The minimum absolute atomic E-state index is 0.605. The summed E-state index contributed by atoms with van der Waals surface area (Å²) in [5.41, 5.74) is 1.18. The van der Waals surface area contributed by atoms with Gasteiger partial charge in [-0.05, 0) is 6.92 Å². The van der Waals surface area contributed by atoms with Gasteiger partial charge in [-0.1, -0.05) is 0 Å². The Morgan fingerprint density at radius 3 is 3.38 bits per heavy atom. The fourth-order valence-electron chi connectivity index (χ4n) is 2.18. The summed E-state index contributed by atoms with van der Waals surface area (Å²) in [6.45, 7) is 6.53. The molecule has 1 aliphatic heterocycles. The van der Waals surface area contributed by atoms with E-state index in [0.717, 1.165) is 31.1 Å². The highest BCUT2D eigenvalue weighted by Crippen LogP contribution is 2.14. The first-order valence-corrected chi connectivity index (χ1v) is 6.57. The van der Waals surface area contributed by atoms with Crippen molar-refractivity contribution in [2.75, 3.05) is 19.6 Å². The van der Waals surface area contributed by atoms with Crippen molar-refractivity contribution in [2.45, 2.75) is 19.5 Å². The van der Waals surface area contributed by atoms with Crippen LogP contribution in [-0.2, 0) is 6.54 Å². The van der Waals surface area contributed by atoms with Crippen LogP contribution >= 0.6 is 11.3 Å². The molecule has 0 radical (unpaired) electrons. The standard InChI is InChI=1S/C11H16N4S/c1-9-6-12-2-3-14(9)7-10-8-15-4-5-16-11(15)13-10/h4-5,8-9,12H,2-3,6-7H2,1H3/t9-/m1/s1. The first kappa shape index (κ1) is 10.3. The number of imidazole rings is 1. The van der Waals surface area contributed by atoms with E-state index in [1.807, 2.05) is 0 Å². The number of nitrogens with zero attached hydrogens (tertiary/aromatic N) is 3. The van der Waals surface area contributed by atoms with Gasteiger partial charge in [0.1, 0.15) is 0 Å². The molecule has 1 fully saturated rings. The zero-order chi connectivity index (χ0) is 11.0. The summed E-state index contributed by atoms with van der Waals surface area (Å²) in [6.07, 6.45) is 4.21. The topological polar surface area (TPSA) is 32.6 Å². The Labute approximate surface area is 98.9 Å². The Hall–Kier alpha value is -0.910. The maximum atomic E-state index is 4.62. The highest BCUT2D eigenvalue weighted by molar-refractivity contribution is 7.15. The second-order valence-corrected chi connectivity index (χ2v) is 5.22. The van der Waals surface area contributed by atoms with Gasteiger partial charge in [0, 0.05) is 50.0 Å². The Bertz CT molecular complexity index is 446. The van der Waals surface area contributed by atoms with Crippen molar-refractivity contribution in [1.29, 1.82) is 0 Å². The van der Waals surface area contributed by atoms with Gasteiger partial charge in [-0.25, -0.2) is 4.98 Å². The van der Waals surface area contributed by atoms with E-state index in [1.165, 1.54) is 5.69 Å². The van der Waals surface area contributed by atoms with E-state index in [4.69, 9.17) is 0 Å². The van der Waals surface area contributed by atoms with E-state index in [2.05, 4.69) is 44.3 Å². The van der Waals surface area contributed by atoms with Gasteiger partial charge in [0.25, 0.3) is 0 Å². The van der Waals surface area contributed by atoms with Crippen LogP contribution in [0.4, 0.5) is 0 Å². The summed E-state index contributed by atoms with van der Waals surface area (Å²) in [5, 5.41) is 5.48. The lowest BCUT2D eigenvalue weighted by molar-refractivity contribution is 0.164. The third kappa shape index (κ3) is 1.86. The summed E-state index contributed by atoms with van der Waals surface area (Å²) in [7, 11) is 0. The van der Waals surface area contributed by atoms with E-state index in [1.54, 1.807) is 11.3 Å². The molecule has 1 aliphatic rings. The van der Waals surface area contributed by atoms with E-state index in [0.29, 0.717) is 6.04 Å². The van der Waals surface area contributed by atoms with E-state index >= 15 is 0 Å². The van der Waals surface area contributed by atoms with Crippen LogP contribution < -0.4 is 5.32 Å². The molecule has 2 aromatic heterocycles. The molecule has 0 aromatic carbocycles. The molecule has 16 heavy (non-hydrogen) atoms.